The van der Waals surface area contributed by atoms with E-state index in [-0.39, 0.29) is 24.2 Å². The lowest BCUT2D eigenvalue weighted by Gasteiger charge is -2.11. The second-order valence-corrected chi connectivity index (χ2v) is 6.51. The van der Waals surface area contributed by atoms with Gasteiger partial charge in [0.2, 0.25) is 10.0 Å². The van der Waals surface area contributed by atoms with Gasteiger partial charge in [-0.1, -0.05) is 17.9 Å². The van der Waals surface area contributed by atoms with Gasteiger partial charge in [0.25, 0.3) is 0 Å². The fraction of sp³-hybridized carbons (Fsp3) is 0.467. The Bertz CT molecular complexity index is 627. The summed E-state index contributed by atoms with van der Waals surface area (Å²) in [6.07, 6.45) is 0.0554. The molecule has 6 heteroatoms. The number of aliphatic hydroxyl groups excluding tert-OH is 1. The van der Waals surface area contributed by atoms with Crippen LogP contribution in [0.2, 0.25) is 0 Å². The molecule has 0 aromatic heterocycles. The normalized spacial score (nSPS) is 11.3. The minimum atomic E-state index is -3.65. The number of benzene rings is 1. The SMILES string of the molecule is Cc1ccc(S(=O)(=O)NCCOC(C)C)c(C#CCO)c1. The third-order valence-corrected chi connectivity index (χ3v) is 4.09. The van der Waals surface area contributed by atoms with E-state index in [1.165, 1.54) is 6.07 Å². The smallest absolute Gasteiger partial charge is 0.241 e. The van der Waals surface area contributed by atoms with Crippen LogP contribution >= 0.6 is 0 Å². The lowest BCUT2D eigenvalue weighted by Crippen LogP contribution is -2.28. The molecule has 0 bridgehead atoms. The van der Waals surface area contributed by atoms with Crippen LogP contribution in [0.25, 0.3) is 0 Å². The molecule has 21 heavy (non-hydrogen) atoms. The Labute approximate surface area is 126 Å². The molecular weight excluding hydrogens is 290 g/mol. The molecule has 0 aliphatic heterocycles. The van der Waals surface area contributed by atoms with E-state index >= 15 is 0 Å². The van der Waals surface area contributed by atoms with Crippen molar-refractivity contribution in [3.63, 3.8) is 0 Å². The van der Waals surface area contributed by atoms with Crippen molar-refractivity contribution < 1.29 is 18.3 Å². The van der Waals surface area contributed by atoms with Crippen molar-refractivity contribution in [1.29, 1.82) is 0 Å². The van der Waals surface area contributed by atoms with Crippen LogP contribution in [0.3, 0.4) is 0 Å². The van der Waals surface area contributed by atoms with E-state index in [0.717, 1.165) is 5.56 Å². The van der Waals surface area contributed by atoms with Gasteiger partial charge in [0, 0.05) is 12.1 Å². The molecule has 0 unspecified atom stereocenters. The van der Waals surface area contributed by atoms with Crippen LogP contribution in [0.1, 0.15) is 25.0 Å². The van der Waals surface area contributed by atoms with Crippen molar-refractivity contribution in [3.05, 3.63) is 29.3 Å². The van der Waals surface area contributed by atoms with E-state index in [4.69, 9.17) is 9.84 Å². The Hall–Kier alpha value is -1.39. The van der Waals surface area contributed by atoms with Gasteiger partial charge in [-0.2, -0.15) is 0 Å². The van der Waals surface area contributed by atoms with Gasteiger partial charge >= 0.3 is 0 Å². The topological polar surface area (TPSA) is 75.6 Å². The molecule has 0 saturated carbocycles. The Morgan fingerprint density at radius 2 is 2.10 bits per heavy atom. The molecule has 0 heterocycles. The van der Waals surface area contributed by atoms with Crippen molar-refractivity contribution >= 4 is 10.0 Å². The van der Waals surface area contributed by atoms with Crippen molar-refractivity contribution in [2.45, 2.75) is 31.8 Å². The summed E-state index contributed by atoms with van der Waals surface area (Å²) in [5, 5.41) is 8.76. The van der Waals surface area contributed by atoms with Gasteiger partial charge in [-0.25, -0.2) is 13.1 Å². The molecule has 0 saturated heterocycles. The molecule has 0 aliphatic rings. The van der Waals surface area contributed by atoms with Crippen LogP contribution < -0.4 is 4.72 Å². The van der Waals surface area contributed by atoms with Crippen LogP contribution in [0.15, 0.2) is 23.1 Å². The summed E-state index contributed by atoms with van der Waals surface area (Å²) in [5.41, 5.74) is 1.28. The maximum atomic E-state index is 12.3. The number of sulfonamides is 1. The lowest BCUT2D eigenvalue weighted by atomic mass is 10.1. The quantitative estimate of drug-likeness (QED) is 0.608. The molecule has 0 fully saturated rings. The van der Waals surface area contributed by atoms with Crippen molar-refractivity contribution in [3.8, 4) is 11.8 Å². The van der Waals surface area contributed by atoms with Crippen molar-refractivity contribution in [2.75, 3.05) is 19.8 Å². The highest BCUT2D eigenvalue weighted by Crippen LogP contribution is 2.16. The minimum Gasteiger partial charge on any atom is -0.384 e. The Kier molecular flexibility index (Phi) is 6.85. The van der Waals surface area contributed by atoms with E-state index < -0.39 is 10.0 Å². The molecule has 0 radical (unpaired) electrons. The zero-order valence-corrected chi connectivity index (χ0v) is 13.3. The standard InChI is InChI=1S/C15H21NO4S/c1-12(2)20-10-8-16-21(18,19)15-7-6-13(3)11-14(15)5-4-9-17/h6-7,11-12,16-17H,8-10H2,1-3H3. The molecule has 2 N–H and O–H groups in total. The fourth-order valence-electron chi connectivity index (χ4n) is 1.66. The highest BCUT2D eigenvalue weighted by Gasteiger charge is 2.17. The number of hydrogen-bond donors (Lipinski definition) is 2. The van der Waals surface area contributed by atoms with Gasteiger partial charge in [-0.05, 0) is 38.5 Å². The lowest BCUT2D eigenvalue weighted by molar-refractivity contribution is 0.0834. The maximum absolute atomic E-state index is 12.3. The highest BCUT2D eigenvalue weighted by atomic mass is 32.2. The van der Waals surface area contributed by atoms with Crippen molar-refractivity contribution in [1.82, 2.24) is 4.72 Å². The summed E-state index contributed by atoms with van der Waals surface area (Å²) in [4.78, 5) is 0.110. The van der Waals surface area contributed by atoms with Gasteiger partial charge in [0.15, 0.2) is 0 Å². The fourth-order valence-corrected chi connectivity index (χ4v) is 2.81. The molecule has 1 aromatic rings. The predicted molar refractivity (Wildman–Crippen MR) is 81.4 cm³/mol. The summed E-state index contributed by atoms with van der Waals surface area (Å²) in [7, 11) is -3.65. The second kappa shape index (κ2) is 8.15. The number of ether oxygens (including phenoxy) is 1. The summed E-state index contributed by atoms with van der Waals surface area (Å²) in [6.45, 7) is 5.81. The van der Waals surface area contributed by atoms with E-state index in [2.05, 4.69) is 16.6 Å². The third-order valence-electron chi connectivity index (χ3n) is 2.57. The Morgan fingerprint density at radius 1 is 1.38 bits per heavy atom. The van der Waals surface area contributed by atoms with Crippen LogP contribution in [-0.2, 0) is 14.8 Å². The minimum absolute atomic E-state index is 0.0554. The molecule has 0 spiro atoms. The van der Waals surface area contributed by atoms with Gasteiger partial charge in [-0.15, -0.1) is 0 Å². The van der Waals surface area contributed by atoms with Gasteiger partial charge in [0.1, 0.15) is 6.61 Å². The molecule has 1 rings (SSSR count). The maximum Gasteiger partial charge on any atom is 0.241 e. The number of rotatable bonds is 6. The van der Waals surface area contributed by atoms with Gasteiger partial charge < -0.3 is 9.84 Å². The van der Waals surface area contributed by atoms with E-state index in [1.54, 1.807) is 12.1 Å². The summed E-state index contributed by atoms with van der Waals surface area (Å²) < 4.78 is 32.3. The Balaban J connectivity index is 2.92. The first-order chi connectivity index (χ1) is 9.86. The van der Waals surface area contributed by atoms with Gasteiger partial charge in [0.05, 0.1) is 17.6 Å². The summed E-state index contributed by atoms with van der Waals surface area (Å²) in [5.74, 6) is 5.14. The van der Waals surface area contributed by atoms with Gasteiger partial charge in [-0.3, -0.25) is 0 Å². The molecule has 0 atom stereocenters. The number of aliphatic hydroxyl groups is 1. The Morgan fingerprint density at radius 3 is 2.71 bits per heavy atom. The van der Waals surface area contributed by atoms with E-state index in [1.807, 2.05) is 20.8 Å². The molecule has 0 amide bonds. The zero-order chi connectivity index (χ0) is 15.9. The van der Waals surface area contributed by atoms with E-state index in [9.17, 15) is 8.42 Å². The monoisotopic (exact) mass is 311 g/mol. The molecule has 1 aromatic carbocycles. The summed E-state index contributed by atoms with van der Waals surface area (Å²) >= 11 is 0. The molecular formula is C15H21NO4S. The van der Waals surface area contributed by atoms with Crippen LogP contribution in [0.5, 0.6) is 0 Å². The number of hydrogen-bond acceptors (Lipinski definition) is 4. The number of aryl methyl sites for hydroxylation is 1. The molecule has 0 aliphatic carbocycles. The number of nitrogens with one attached hydrogen (secondary N) is 1. The second-order valence-electron chi connectivity index (χ2n) is 4.78. The third kappa shape index (κ3) is 5.86. The van der Waals surface area contributed by atoms with Crippen LogP contribution in [-0.4, -0.2) is 39.4 Å². The predicted octanol–water partition coefficient (Wildman–Crippen LogP) is 1.04. The largest absolute Gasteiger partial charge is 0.384 e. The van der Waals surface area contributed by atoms with Crippen LogP contribution in [0.4, 0.5) is 0 Å². The first kappa shape index (κ1) is 17.7. The van der Waals surface area contributed by atoms with Crippen LogP contribution in [0, 0.1) is 18.8 Å². The first-order valence-electron chi connectivity index (χ1n) is 6.68. The molecule has 5 nitrogen and oxygen atoms in total. The average molecular weight is 311 g/mol. The van der Waals surface area contributed by atoms with E-state index in [0.29, 0.717) is 12.2 Å². The summed E-state index contributed by atoms with van der Waals surface area (Å²) in [6, 6.07) is 4.91. The van der Waals surface area contributed by atoms with Crippen molar-refractivity contribution in [2.24, 2.45) is 0 Å². The molecule has 116 valence electrons. The highest BCUT2D eigenvalue weighted by molar-refractivity contribution is 7.89. The first-order valence-corrected chi connectivity index (χ1v) is 8.17. The average Bonchev–Trinajstić information content (AvgIpc) is 2.41. The zero-order valence-electron chi connectivity index (χ0n) is 12.5.